The molecule has 0 aliphatic rings. The highest BCUT2D eigenvalue weighted by molar-refractivity contribution is 5.39. The average Bonchev–Trinajstić information content (AvgIpc) is 1.98. The fourth-order valence-electron chi connectivity index (χ4n) is 0.889. The molecule has 0 heterocycles. The standard InChI is InChI=1S/C10H17N/c1-6-7-10(8(2)3)9(4)11-5/h6-7,11H,2H2,1,3-5H3/b7-6-,10-9-. The lowest BCUT2D eigenvalue weighted by molar-refractivity contribution is 0.971. The maximum atomic E-state index is 3.89. The van der Waals surface area contributed by atoms with Crippen molar-refractivity contribution in [3.63, 3.8) is 0 Å². The highest BCUT2D eigenvalue weighted by Crippen LogP contribution is 2.11. The van der Waals surface area contributed by atoms with Gasteiger partial charge in [0.05, 0.1) is 0 Å². The van der Waals surface area contributed by atoms with Crippen molar-refractivity contribution >= 4 is 0 Å². The van der Waals surface area contributed by atoms with Crippen LogP contribution in [0.4, 0.5) is 0 Å². The Hall–Kier alpha value is -0.980. The van der Waals surface area contributed by atoms with Crippen LogP contribution in [-0.2, 0) is 0 Å². The monoisotopic (exact) mass is 151 g/mol. The zero-order chi connectivity index (χ0) is 8.85. The molecule has 0 aliphatic heterocycles. The van der Waals surface area contributed by atoms with Gasteiger partial charge in [-0.1, -0.05) is 18.7 Å². The first kappa shape index (κ1) is 10.0. The van der Waals surface area contributed by atoms with E-state index in [0.29, 0.717) is 0 Å². The summed E-state index contributed by atoms with van der Waals surface area (Å²) in [6.07, 6.45) is 4.08. The van der Waals surface area contributed by atoms with Crippen LogP contribution < -0.4 is 5.32 Å². The highest BCUT2D eigenvalue weighted by atomic mass is 14.8. The van der Waals surface area contributed by atoms with Crippen molar-refractivity contribution in [2.75, 3.05) is 7.05 Å². The van der Waals surface area contributed by atoms with Gasteiger partial charge in [-0.3, -0.25) is 0 Å². The zero-order valence-electron chi connectivity index (χ0n) is 7.86. The maximum Gasteiger partial charge on any atom is 0.0148 e. The topological polar surface area (TPSA) is 12.0 Å². The number of hydrogen-bond acceptors (Lipinski definition) is 1. The second-order valence-electron chi connectivity index (χ2n) is 2.57. The summed E-state index contributed by atoms with van der Waals surface area (Å²) in [7, 11) is 1.92. The fraction of sp³-hybridized carbons (Fsp3) is 0.400. The summed E-state index contributed by atoms with van der Waals surface area (Å²) < 4.78 is 0. The van der Waals surface area contributed by atoms with Gasteiger partial charge in [-0.05, 0) is 31.9 Å². The average molecular weight is 151 g/mol. The third-order valence-electron chi connectivity index (χ3n) is 1.57. The molecule has 0 aromatic heterocycles. The Morgan fingerprint density at radius 3 is 2.18 bits per heavy atom. The van der Waals surface area contributed by atoms with Gasteiger partial charge in [-0.25, -0.2) is 0 Å². The van der Waals surface area contributed by atoms with Gasteiger partial charge in [0.15, 0.2) is 0 Å². The summed E-state index contributed by atoms with van der Waals surface area (Å²) in [6.45, 7) is 9.96. The Morgan fingerprint density at radius 1 is 1.36 bits per heavy atom. The first-order valence-electron chi connectivity index (χ1n) is 3.80. The third-order valence-corrected chi connectivity index (χ3v) is 1.57. The van der Waals surface area contributed by atoms with E-state index in [-0.39, 0.29) is 0 Å². The van der Waals surface area contributed by atoms with Crippen LogP contribution in [0.2, 0.25) is 0 Å². The lowest BCUT2D eigenvalue weighted by Crippen LogP contribution is -2.05. The molecule has 0 atom stereocenters. The van der Waals surface area contributed by atoms with Gasteiger partial charge < -0.3 is 5.32 Å². The third kappa shape index (κ3) is 3.08. The van der Waals surface area contributed by atoms with Crippen molar-refractivity contribution < 1.29 is 0 Å². The summed E-state index contributed by atoms with van der Waals surface area (Å²) in [6, 6.07) is 0. The van der Waals surface area contributed by atoms with Gasteiger partial charge >= 0.3 is 0 Å². The van der Waals surface area contributed by atoms with Crippen LogP contribution in [0.25, 0.3) is 0 Å². The maximum absolute atomic E-state index is 3.89. The molecule has 0 aliphatic carbocycles. The molecular formula is C10H17N. The Kier molecular flexibility index (Phi) is 4.35. The first-order valence-corrected chi connectivity index (χ1v) is 3.80. The molecule has 0 bridgehead atoms. The molecule has 62 valence electrons. The first-order chi connectivity index (χ1) is 5.13. The van der Waals surface area contributed by atoms with Gasteiger partial charge in [-0.2, -0.15) is 0 Å². The minimum absolute atomic E-state index is 1.09. The van der Waals surface area contributed by atoms with E-state index in [9.17, 15) is 0 Å². The Morgan fingerprint density at radius 2 is 1.91 bits per heavy atom. The van der Waals surface area contributed by atoms with Crippen LogP contribution in [0.3, 0.4) is 0 Å². The summed E-state index contributed by atoms with van der Waals surface area (Å²) in [5.74, 6) is 0. The summed E-state index contributed by atoms with van der Waals surface area (Å²) in [4.78, 5) is 0. The number of allylic oxidation sites excluding steroid dienone is 5. The summed E-state index contributed by atoms with van der Waals surface area (Å²) in [5, 5.41) is 3.10. The molecule has 0 aromatic carbocycles. The molecule has 0 aromatic rings. The van der Waals surface area contributed by atoms with Crippen LogP contribution >= 0.6 is 0 Å². The summed E-state index contributed by atoms with van der Waals surface area (Å²) >= 11 is 0. The van der Waals surface area contributed by atoms with Crippen LogP contribution in [-0.4, -0.2) is 7.05 Å². The van der Waals surface area contributed by atoms with E-state index in [0.717, 1.165) is 11.3 Å². The molecule has 0 rings (SSSR count). The lowest BCUT2D eigenvalue weighted by atomic mass is 10.1. The van der Waals surface area contributed by atoms with Crippen LogP contribution in [0.1, 0.15) is 20.8 Å². The van der Waals surface area contributed by atoms with Crippen LogP contribution in [0, 0.1) is 0 Å². The van der Waals surface area contributed by atoms with E-state index in [1.54, 1.807) is 0 Å². The van der Waals surface area contributed by atoms with E-state index in [4.69, 9.17) is 0 Å². The van der Waals surface area contributed by atoms with Gasteiger partial charge in [0, 0.05) is 12.7 Å². The van der Waals surface area contributed by atoms with Crippen molar-refractivity contribution in [1.82, 2.24) is 5.32 Å². The predicted molar refractivity (Wildman–Crippen MR) is 51.4 cm³/mol. The molecule has 0 amide bonds. The molecule has 0 fully saturated rings. The molecule has 0 unspecified atom stereocenters. The van der Waals surface area contributed by atoms with Gasteiger partial charge in [0.1, 0.15) is 0 Å². The highest BCUT2D eigenvalue weighted by Gasteiger charge is 1.96. The molecule has 1 nitrogen and oxygen atoms in total. The Bertz CT molecular complexity index is 197. The molecule has 11 heavy (non-hydrogen) atoms. The fourth-order valence-corrected chi connectivity index (χ4v) is 0.889. The zero-order valence-corrected chi connectivity index (χ0v) is 7.86. The van der Waals surface area contributed by atoms with Crippen LogP contribution in [0.15, 0.2) is 35.6 Å². The van der Waals surface area contributed by atoms with E-state index in [1.165, 1.54) is 5.57 Å². The summed E-state index contributed by atoms with van der Waals surface area (Å²) in [5.41, 5.74) is 3.44. The minimum atomic E-state index is 1.09. The molecule has 0 spiro atoms. The molecule has 0 radical (unpaired) electrons. The molecule has 0 saturated carbocycles. The number of rotatable bonds is 3. The SMILES string of the molecule is C=C(C)C(/C=C\C)=C(/C)NC. The van der Waals surface area contributed by atoms with Gasteiger partial charge in [-0.15, -0.1) is 0 Å². The largest absolute Gasteiger partial charge is 0.391 e. The smallest absolute Gasteiger partial charge is 0.0148 e. The van der Waals surface area contributed by atoms with Crippen molar-refractivity contribution in [2.24, 2.45) is 0 Å². The van der Waals surface area contributed by atoms with Crippen molar-refractivity contribution in [2.45, 2.75) is 20.8 Å². The van der Waals surface area contributed by atoms with E-state index in [2.05, 4.69) is 18.0 Å². The Labute approximate surface area is 69.5 Å². The normalized spacial score (nSPS) is 13.1. The van der Waals surface area contributed by atoms with Gasteiger partial charge in [0.2, 0.25) is 0 Å². The van der Waals surface area contributed by atoms with E-state index >= 15 is 0 Å². The molecule has 0 saturated heterocycles. The number of hydrogen-bond donors (Lipinski definition) is 1. The van der Waals surface area contributed by atoms with E-state index in [1.807, 2.05) is 33.9 Å². The molecule has 1 N–H and O–H groups in total. The molecular weight excluding hydrogens is 134 g/mol. The number of nitrogens with one attached hydrogen (secondary N) is 1. The van der Waals surface area contributed by atoms with Crippen molar-refractivity contribution in [1.29, 1.82) is 0 Å². The second kappa shape index (κ2) is 4.78. The van der Waals surface area contributed by atoms with Gasteiger partial charge in [0.25, 0.3) is 0 Å². The predicted octanol–water partition coefficient (Wildman–Crippen LogP) is 2.63. The van der Waals surface area contributed by atoms with Crippen LogP contribution in [0.5, 0.6) is 0 Å². The lowest BCUT2D eigenvalue weighted by Gasteiger charge is -2.06. The van der Waals surface area contributed by atoms with Crippen molar-refractivity contribution in [3.05, 3.63) is 35.6 Å². The Balaban J connectivity index is 4.72. The quantitative estimate of drug-likeness (QED) is 0.611. The second-order valence-corrected chi connectivity index (χ2v) is 2.57. The van der Waals surface area contributed by atoms with Crippen molar-refractivity contribution in [3.8, 4) is 0 Å². The minimum Gasteiger partial charge on any atom is -0.391 e. The van der Waals surface area contributed by atoms with E-state index < -0.39 is 0 Å². The molecule has 1 heteroatoms.